The molecule has 1 aromatic carbocycles. The summed E-state index contributed by atoms with van der Waals surface area (Å²) in [7, 11) is 0. The molecule has 0 unspecified atom stereocenters. The maximum atomic E-state index is 10.8. The molecule has 0 aliphatic heterocycles. The topological polar surface area (TPSA) is 104 Å². The van der Waals surface area contributed by atoms with Gasteiger partial charge in [-0.25, -0.2) is 4.98 Å². The number of nitro benzene ring substituents is 1. The molecule has 1 aromatic heterocycles. The number of benzene rings is 1. The molecule has 0 aliphatic carbocycles. The Hall–Kier alpha value is -2.22. The summed E-state index contributed by atoms with van der Waals surface area (Å²) in [6, 6.07) is 5.96. The lowest BCUT2D eigenvalue weighted by atomic mass is 10.3. The van der Waals surface area contributed by atoms with E-state index in [1.165, 1.54) is 24.4 Å². The lowest BCUT2D eigenvalue weighted by Gasteiger charge is -2.06. The van der Waals surface area contributed by atoms with Crippen LogP contribution < -0.4 is 10.5 Å². The first-order valence-corrected chi connectivity index (χ1v) is 5.56. The van der Waals surface area contributed by atoms with E-state index in [9.17, 15) is 10.1 Å². The zero-order chi connectivity index (χ0) is 13.1. The summed E-state index contributed by atoms with van der Waals surface area (Å²) >= 11 is 3.12. The maximum absolute atomic E-state index is 10.8. The predicted octanol–water partition coefficient (Wildman–Crippen LogP) is 2.52. The summed E-state index contributed by atoms with van der Waals surface area (Å²) in [6.07, 6.45) is 1.43. The number of hydrogen-bond donors (Lipinski definition) is 1. The van der Waals surface area contributed by atoms with Crippen molar-refractivity contribution in [1.82, 2.24) is 9.97 Å². The second kappa shape index (κ2) is 4.96. The van der Waals surface area contributed by atoms with Gasteiger partial charge in [0.05, 0.1) is 4.92 Å². The fourth-order valence-corrected chi connectivity index (χ4v) is 1.74. The van der Waals surface area contributed by atoms with Crippen molar-refractivity contribution in [2.24, 2.45) is 0 Å². The summed E-state index contributed by atoms with van der Waals surface area (Å²) in [5.74, 6) is 0.556. The minimum absolute atomic E-state index is 0.0639. The maximum Gasteiger partial charge on any atom is 0.287 e. The quantitative estimate of drug-likeness (QED) is 0.690. The molecule has 0 saturated heterocycles. The molecule has 0 saturated carbocycles. The van der Waals surface area contributed by atoms with Gasteiger partial charge < -0.3 is 10.5 Å². The number of nitrogens with zero attached hydrogens (tertiary/aromatic N) is 3. The molecule has 7 nitrogen and oxygen atoms in total. The smallest absolute Gasteiger partial charge is 0.287 e. The van der Waals surface area contributed by atoms with E-state index in [1.807, 2.05) is 0 Å². The summed E-state index contributed by atoms with van der Waals surface area (Å²) in [4.78, 5) is 17.8. The molecule has 18 heavy (non-hydrogen) atoms. The van der Waals surface area contributed by atoms with E-state index in [-0.39, 0.29) is 27.7 Å². The van der Waals surface area contributed by atoms with Gasteiger partial charge in [-0.15, -0.1) is 0 Å². The molecule has 8 heteroatoms. The largest absolute Gasteiger partial charge is 0.437 e. The van der Waals surface area contributed by atoms with E-state index in [0.29, 0.717) is 0 Å². The van der Waals surface area contributed by atoms with Crippen LogP contribution >= 0.6 is 15.9 Å². The average molecular weight is 311 g/mol. The highest BCUT2D eigenvalue weighted by molar-refractivity contribution is 9.10. The number of nitrogens with two attached hydrogens (primary N) is 1. The minimum Gasteiger partial charge on any atom is -0.437 e. The predicted molar refractivity (Wildman–Crippen MR) is 67.3 cm³/mol. The van der Waals surface area contributed by atoms with Crippen LogP contribution in [0.4, 0.5) is 11.6 Å². The Kier molecular flexibility index (Phi) is 3.38. The van der Waals surface area contributed by atoms with Crippen molar-refractivity contribution in [2.45, 2.75) is 0 Å². The van der Waals surface area contributed by atoms with Crippen LogP contribution in [0.5, 0.6) is 11.6 Å². The highest BCUT2D eigenvalue weighted by Crippen LogP contribution is 2.35. The Bertz CT molecular complexity index is 605. The third kappa shape index (κ3) is 2.54. The molecule has 2 aromatic rings. The summed E-state index contributed by atoms with van der Waals surface area (Å²) < 4.78 is 5.64. The van der Waals surface area contributed by atoms with E-state index >= 15 is 0 Å². The molecule has 0 aliphatic rings. The van der Waals surface area contributed by atoms with Crippen LogP contribution in [0.1, 0.15) is 0 Å². The van der Waals surface area contributed by atoms with Gasteiger partial charge in [-0.05, 0) is 22.0 Å². The van der Waals surface area contributed by atoms with Gasteiger partial charge in [0.25, 0.3) is 5.69 Å². The first-order valence-electron chi connectivity index (χ1n) is 4.77. The van der Waals surface area contributed by atoms with Crippen molar-refractivity contribution >= 4 is 27.6 Å². The molecular formula is C10H7BrN4O3. The molecule has 2 rings (SSSR count). The van der Waals surface area contributed by atoms with Gasteiger partial charge in [-0.1, -0.05) is 6.07 Å². The number of hydrogen-bond acceptors (Lipinski definition) is 6. The number of halogens is 1. The molecule has 0 radical (unpaired) electrons. The molecular weight excluding hydrogens is 304 g/mol. The summed E-state index contributed by atoms with van der Waals surface area (Å²) in [5.41, 5.74) is 5.32. The van der Waals surface area contributed by atoms with Gasteiger partial charge in [-0.3, -0.25) is 10.1 Å². The monoisotopic (exact) mass is 310 g/mol. The lowest BCUT2D eigenvalue weighted by molar-refractivity contribution is -0.385. The average Bonchev–Trinajstić information content (AvgIpc) is 2.31. The zero-order valence-electron chi connectivity index (χ0n) is 8.91. The van der Waals surface area contributed by atoms with Crippen LogP contribution in [0.25, 0.3) is 0 Å². The molecule has 0 bridgehead atoms. The number of nitro groups is 1. The first-order chi connectivity index (χ1) is 8.58. The van der Waals surface area contributed by atoms with Crippen LogP contribution in [0, 0.1) is 10.1 Å². The van der Waals surface area contributed by atoms with Crippen molar-refractivity contribution in [3.63, 3.8) is 0 Å². The molecule has 0 amide bonds. The van der Waals surface area contributed by atoms with Crippen molar-refractivity contribution in [3.8, 4) is 11.6 Å². The molecule has 0 spiro atoms. The SMILES string of the molecule is Nc1nccc(Oc2cccc([N+](=O)[O-])c2Br)n1. The number of aromatic nitrogens is 2. The number of rotatable bonds is 3. The van der Waals surface area contributed by atoms with Crippen LogP contribution in [-0.4, -0.2) is 14.9 Å². The van der Waals surface area contributed by atoms with Gasteiger partial charge in [0.1, 0.15) is 4.47 Å². The Morgan fingerprint density at radius 3 is 2.83 bits per heavy atom. The van der Waals surface area contributed by atoms with Crippen LogP contribution in [0.3, 0.4) is 0 Å². The van der Waals surface area contributed by atoms with E-state index in [2.05, 4.69) is 25.9 Å². The van der Waals surface area contributed by atoms with Crippen LogP contribution in [-0.2, 0) is 0 Å². The molecule has 2 N–H and O–H groups in total. The normalized spacial score (nSPS) is 10.1. The zero-order valence-corrected chi connectivity index (χ0v) is 10.5. The van der Waals surface area contributed by atoms with Crippen molar-refractivity contribution in [2.75, 3.05) is 5.73 Å². The fourth-order valence-electron chi connectivity index (χ4n) is 1.24. The van der Waals surface area contributed by atoms with E-state index in [0.717, 1.165) is 0 Å². The fraction of sp³-hybridized carbons (Fsp3) is 0. The van der Waals surface area contributed by atoms with Gasteiger partial charge in [0, 0.05) is 18.3 Å². The molecule has 0 fully saturated rings. The third-order valence-corrected chi connectivity index (χ3v) is 2.80. The minimum atomic E-state index is -0.509. The highest BCUT2D eigenvalue weighted by Gasteiger charge is 2.16. The van der Waals surface area contributed by atoms with Crippen LogP contribution in [0.15, 0.2) is 34.9 Å². The standard InChI is InChI=1S/C10H7BrN4O3/c11-9-6(15(16)17)2-1-3-7(9)18-8-4-5-13-10(12)14-8/h1-5H,(H2,12,13,14). The molecule has 92 valence electrons. The Morgan fingerprint density at radius 1 is 1.39 bits per heavy atom. The Morgan fingerprint density at radius 2 is 2.17 bits per heavy atom. The van der Waals surface area contributed by atoms with Gasteiger partial charge in [0.2, 0.25) is 11.8 Å². The molecule has 0 atom stereocenters. The second-order valence-corrected chi connectivity index (χ2v) is 3.99. The van der Waals surface area contributed by atoms with Gasteiger partial charge in [0.15, 0.2) is 5.75 Å². The third-order valence-electron chi connectivity index (χ3n) is 2.00. The van der Waals surface area contributed by atoms with Crippen molar-refractivity contribution in [1.29, 1.82) is 0 Å². The first kappa shape index (κ1) is 12.2. The number of anilines is 1. The number of nitrogen functional groups attached to an aromatic ring is 1. The van der Waals surface area contributed by atoms with Crippen molar-refractivity contribution in [3.05, 3.63) is 45.0 Å². The summed E-state index contributed by atoms with van der Waals surface area (Å²) in [5, 5.41) is 10.8. The number of ether oxygens (including phenoxy) is 1. The van der Waals surface area contributed by atoms with E-state index < -0.39 is 4.92 Å². The summed E-state index contributed by atoms with van der Waals surface area (Å²) in [6.45, 7) is 0. The van der Waals surface area contributed by atoms with E-state index in [1.54, 1.807) is 6.07 Å². The lowest BCUT2D eigenvalue weighted by Crippen LogP contribution is -1.97. The molecule has 1 heterocycles. The van der Waals surface area contributed by atoms with Gasteiger partial charge >= 0.3 is 0 Å². The van der Waals surface area contributed by atoms with E-state index in [4.69, 9.17) is 10.5 Å². The van der Waals surface area contributed by atoms with Gasteiger partial charge in [-0.2, -0.15) is 4.98 Å². The highest BCUT2D eigenvalue weighted by atomic mass is 79.9. The Labute approximate surface area is 110 Å². The van der Waals surface area contributed by atoms with Crippen molar-refractivity contribution < 1.29 is 9.66 Å². The van der Waals surface area contributed by atoms with Crippen LogP contribution in [0.2, 0.25) is 0 Å². The second-order valence-electron chi connectivity index (χ2n) is 3.20. The Balaban J connectivity index is 2.35.